The molecule has 0 amide bonds. The molecule has 0 saturated carbocycles. The van der Waals surface area contributed by atoms with Crippen LogP contribution in [0.3, 0.4) is 0 Å². The number of rotatable bonds is 5. The van der Waals surface area contributed by atoms with Gasteiger partial charge in [-0.05, 0) is 31.2 Å². The van der Waals surface area contributed by atoms with E-state index in [-0.39, 0.29) is 0 Å². The number of nitrogens with one attached hydrogen (secondary N) is 1. The van der Waals surface area contributed by atoms with Crippen LogP contribution in [0.4, 0.5) is 0 Å². The second-order valence-corrected chi connectivity index (χ2v) is 8.56. The molecule has 0 radical (unpaired) electrons. The minimum absolute atomic E-state index is 0.388. The Kier molecular flexibility index (Phi) is 4.85. The van der Waals surface area contributed by atoms with E-state index < -0.39 is 10.0 Å². The topological polar surface area (TPSA) is 61.9 Å². The first-order chi connectivity index (χ1) is 10.0. The van der Waals surface area contributed by atoms with Crippen molar-refractivity contribution < 1.29 is 13.2 Å². The SMILES string of the molecule is CS(=O)(=O)NCC1CC2CCN1CC2CN1CCOCC1. The highest BCUT2D eigenvalue weighted by atomic mass is 32.2. The Hall–Kier alpha value is -0.210. The molecule has 4 unspecified atom stereocenters. The lowest BCUT2D eigenvalue weighted by atomic mass is 9.75. The lowest BCUT2D eigenvalue weighted by Crippen LogP contribution is -2.58. The molecule has 7 heteroatoms. The van der Waals surface area contributed by atoms with Gasteiger partial charge in [-0.2, -0.15) is 0 Å². The summed E-state index contributed by atoms with van der Waals surface area (Å²) in [6.45, 7) is 7.84. The normalized spacial score (nSPS) is 37.8. The number of sulfonamides is 1. The van der Waals surface area contributed by atoms with Crippen LogP contribution in [0.5, 0.6) is 0 Å². The fourth-order valence-corrected chi connectivity index (χ4v) is 4.53. The Labute approximate surface area is 127 Å². The predicted octanol–water partition coefficient (Wildman–Crippen LogP) is -0.422. The molecular formula is C14H27N3O3S. The van der Waals surface area contributed by atoms with Gasteiger partial charge < -0.3 is 4.74 Å². The molecular weight excluding hydrogens is 290 g/mol. The highest BCUT2D eigenvalue weighted by molar-refractivity contribution is 7.88. The van der Waals surface area contributed by atoms with Gasteiger partial charge in [0.05, 0.1) is 19.5 Å². The van der Waals surface area contributed by atoms with Crippen molar-refractivity contribution in [3.8, 4) is 0 Å². The summed E-state index contributed by atoms with van der Waals surface area (Å²) < 4.78 is 30.6. The van der Waals surface area contributed by atoms with Crippen LogP contribution < -0.4 is 4.72 Å². The van der Waals surface area contributed by atoms with Crippen LogP contribution in [0, 0.1) is 11.8 Å². The first-order valence-corrected chi connectivity index (χ1v) is 9.89. The number of hydrogen-bond donors (Lipinski definition) is 1. The second-order valence-electron chi connectivity index (χ2n) is 6.73. The molecule has 0 aromatic heterocycles. The van der Waals surface area contributed by atoms with Gasteiger partial charge in [-0.1, -0.05) is 0 Å². The van der Waals surface area contributed by atoms with Gasteiger partial charge in [0.15, 0.2) is 0 Å². The van der Waals surface area contributed by atoms with E-state index in [0.717, 1.165) is 57.6 Å². The maximum atomic E-state index is 11.3. The largest absolute Gasteiger partial charge is 0.379 e. The summed E-state index contributed by atoms with van der Waals surface area (Å²) in [6.07, 6.45) is 3.65. The van der Waals surface area contributed by atoms with Crippen molar-refractivity contribution in [2.45, 2.75) is 18.9 Å². The highest BCUT2D eigenvalue weighted by Crippen LogP contribution is 2.36. The quantitative estimate of drug-likeness (QED) is 0.746. The van der Waals surface area contributed by atoms with E-state index in [1.54, 1.807) is 0 Å². The van der Waals surface area contributed by atoms with Crippen molar-refractivity contribution in [3.63, 3.8) is 0 Å². The first kappa shape index (κ1) is 15.7. The maximum absolute atomic E-state index is 11.3. The molecule has 4 rings (SSSR count). The monoisotopic (exact) mass is 317 g/mol. The van der Waals surface area contributed by atoms with E-state index in [9.17, 15) is 8.42 Å². The summed E-state index contributed by atoms with van der Waals surface area (Å²) in [5, 5.41) is 0. The molecule has 0 aromatic carbocycles. The first-order valence-electron chi connectivity index (χ1n) is 8.00. The minimum Gasteiger partial charge on any atom is -0.379 e. The van der Waals surface area contributed by atoms with E-state index >= 15 is 0 Å². The molecule has 6 nitrogen and oxygen atoms in total. The Balaban J connectivity index is 1.51. The molecule has 4 atom stereocenters. The van der Waals surface area contributed by atoms with Crippen molar-refractivity contribution in [1.29, 1.82) is 0 Å². The van der Waals surface area contributed by atoms with E-state index in [2.05, 4.69) is 14.5 Å². The van der Waals surface area contributed by atoms with Crippen molar-refractivity contribution in [3.05, 3.63) is 0 Å². The molecule has 4 saturated heterocycles. The van der Waals surface area contributed by atoms with E-state index in [0.29, 0.717) is 12.6 Å². The number of hydrogen-bond acceptors (Lipinski definition) is 5. The lowest BCUT2D eigenvalue weighted by molar-refractivity contribution is -0.0285. The Morgan fingerprint density at radius 2 is 2.00 bits per heavy atom. The summed E-state index contributed by atoms with van der Waals surface area (Å²) in [6, 6.07) is 0.388. The number of ether oxygens (including phenoxy) is 1. The summed E-state index contributed by atoms with van der Waals surface area (Å²) in [5.74, 6) is 1.50. The van der Waals surface area contributed by atoms with E-state index in [1.165, 1.54) is 19.2 Å². The van der Waals surface area contributed by atoms with Crippen molar-refractivity contribution in [1.82, 2.24) is 14.5 Å². The Morgan fingerprint density at radius 3 is 2.62 bits per heavy atom. The van der Waals surface area contributed by atoms with Gasteiger partial charge in [-0.25, -0.2) is 13.1 Å². The summed E-state index contributed by atoms with van der Waals surface area (Å²) in [7, 11) is -3.08. The van der Waals surface area contributed by atoms with Gasteiger partial charge in [0.1, 0.15) is 0 Å². The molecule has 122 valence electrons. The third-order valence-electron chi connectivity index (χ3n) is 5.19. The van der Waals surface area contributed by atoms with Gasteiger partial charge in [0, 0.05) is 38.8 Å². The maximum Gasteiger partial charge on any atom is 0.208 e. The second kappa shape index (κ2) is 6.50. The van der Waals surface area contributed by atoms with Gasteiger partial charge in [-0.3, -0.25) is 9.80 Å². The van der Waals surface area contributed by atoms with Crippen LogP contribution in [-0.2, 0) is 14.8 Å². The fourth-order valence-electron chi connectivity index (χ4n) is 4.03. The van der Waals surface area contributed by atoms with E-state index in [1.807, 2.05) is 0 Å². The average Bonchev–Trinajstić information content (AvgIpc) is 2.46. The van der Waals surface area contributed by atoms with Crippen LogP contribution >= 0.6 is 0 Å². The molecule has 4 heterocycles. The minimum atomic E-state index is -3.08. The third-order valence-corrected chi connectivity index (χ3v) is 5.88. The Bertz CT molecular complexity index is 450. The lowest BCUT2D eigenvalue weighted by Gasteiger charge is -2.51. The molecule has 1 N–H and O–H groups in total. The van der Waals surface area contributed by atoms with Crippen LogP contribution in [0.2, 0.25) is 0 Å². The zero-order valence-electron chi connectivity index (χ0n) is 12.8. The molecule has 21 heavy (non-hydrogen) atoms. The summed E-state index contributed by atoms with van der Waals surface area (Å²) in [5.41, 5.74) is 0. The summed E-state index contributed by atoms with van der Waals surface area (Å²) in [4.78, 5) is 5.02. The van der Waals surface area contributed by atoms with Gasteiger partial charge in [-0.15, -0.1) is 0 Å². The van der Waals surface area contributed by atoms with Crippen molar-refractivity contribution in [2.24, 2.45) is 11.8 Å². The average molecular weight is 317 g/mol. The van der Waals surface area contributed by atoms with Crippen LogP contribution in [0.25, 0.3) is 0 Å². The molecule has 4 fully saturated rings. The van der Waals surface area contributed by atoms with E-state index in [4.69, 9.17) is 4.74 Å². The zero-order chi connectivity index (χ0) is 14.9. The molecule has 0 aliphatic carbocycles. The van der Waals surface area contributed by atoms with Crippen LogP contribution in [0.1, 0.15) is 12.8 Å². The predicted molar refractivity (Wildman–Crippen MR) is 81.7 cm³/mol. The fraction of sp³-hybridized carbons (Fsp3) is 1.00. The van der Waals surface area contributed by atoms with Crippen LogP contribution in [-0.4, -0.2) is 83.0 Å². The highest BCUT2D eigenvalue weighted by Gasteiger charge is 2.40. The molecule has 2 bridgehead atoms. The number of fused-ring (bicyclic) bond motifs is 3. The number of nitrogens with zero attached hydrogens (tertiary/aromatic N) is 2. The molecule has 0 aromatic rings. The Morgan fingerprint density at radius 1 is 1.24 bits per heavy atom. The van der Waals surface area contributed by atoms with Crippen LogP contribution in [0.15, 0.2) is 0 Å². The van der Waals surface area contributed by atoms with Crippen molar-refractivity contribution in [2.75, 3.05) is 58.7 Å². The molecule has 0 spiro atoms. The number of morpholine rings is 1. The summed E-state index contributed by atoms with van der Waals surface area (Å²) >= 11 is 0. The smallest absolute Gasteiger partial charge is 0.208 e. The third kappa shape index (κ3) is 4.16. The molecule has 4 aliphatic rings. The van der Waals surface area contributed by atoms with Gasteiger partial charge >= 0.3 is 0 Å². The standard InChI is InChI=1S/C14H27N3O3S/c1-21(18,19)15-9-14-8-12-2-3-17(14)11-13(12)10-16-4-6-20-7-5-16/h12-15H,2-11H2,1H3. The van der Waals surface area contributed by atoms with Crippen molar-refractivity contribution >= 4 is 10.0 Å². The van der Waals surface area contributed by atoms with Gasteiger partial charge in [0.2, 0.25) is 10.0 Å². The molecule has 4 aliphatic heterocycles. The number of piperidine rings is 3. The zero-order valence-corrected chi connectivity index (χ0v) is 13.6. The van der Waals surface area contributed by atoms with Gasteiger partial charge in [0.25, 0.3) is 0 Å².